The van der Waals surface area contributed by atoms with Gasteiger partial charge in [0.2, 0.25) is 0 Å². The van der Waals surface area contributed by atoms with Crippen LogP contribution in [0.25, 0.3) is 0 Å². The van der Waals surface area contributed by atoms with Gasteiger partial charge in [0.15, 0.2) is 5.82 Å². The van der Waals surface area contributed by atoms with E-state index in [0.717, 1.165) is 0 Å². The van der Waals surface area contributed by atoms with Gasteiger partial charge in [0.1, 0.15) is 6.61 Å². The van der Waals surface area contributed by atoms with Crippen LogP contribution in [-0.2, 0) is 16.6 Å². The zero-order chi connectivity index (χ0) is 11.4. The lowest BCUT2D eigenvalue weighted by atomic mass is 10.4. The Labute approximate surface area is 88.4 Å². The Balaban J connectivity index is 2.51. The van der Waals surface area contributed by atoms with E-state index in [2.05, 4.69) is 10.4 Å². The Kier molecular flexibility index (Phi) is 3.68. The van der Waals surface area contributed by atoms with Crippen molar-refractivity contribution in [1.29, 1.82) is 0 Å². The number of nitrogen functional groups attached to an aromatic ring is 1. The van der Waals surface area contributed by atoms with Crippen LogP contribution in [0.4, 0.5) is 11.5 Å². The third kappa shape index (κ3) is 3.25. The van der Waals surface area contributed by atoms with Gasteiger partial charge in [0.05, 0.1) is 18.0 Å². The number of aryl methyl sites for hydroxylation is 1. The molecule has 0 atom stereocenters. The summed E-state index contributed by atoms with van der Waals surface area (Å²) in [6.45, 7) is 3.75. The summed E-state index contributed by atoms with van der Waals surface area (Å²) in [5.74, 6) is 0.256. The Morgan fingerprint density at radius 2 is 2.40 bits per heavy atom. The third-order valence-corrected chi connectivity index (χ3v) is 1.77. The van der Waals surface area contributed by atoms with Gasteiger partial charge in [-0.25, -0.2) is 0 Å². The van der Waals surface area contributed by atoms with Crippen molar-refractivity contribution in [1.82, 2.24) is 9.78 Å². The molecule has 3 N–H and O–H groups in total. The van der Waals surface area contributed by atoms with Crippen LogP contribution in [0.15, 0.2) is 6.20 Å². The van der Waals surface area contributed by atoms with Crippen LogP contribution in [0, 0.1) is 0 Å². The van der Waals surface area contributed by atoms with Gasteiger partial charge in [-0.1, -0.05) is 0 Å². The fourth-order valence-electron chi connectivity index (χ4n) is 1.02. The lowest BCUT2D eigenvalue weighted by molar-refractivity contribution is -0.122. The molecule has 0 bridgehead atoms. The zero-order valence-electron chi connectivity index (χ0n) is 9.15. The van der Waals surface area contributed by atoms with E-state index in [1.54, 1.807) is 7.05 Å². The molecular formula is C9H16N4O2. The topological polar surface area (TPSA) is 82.2 Å². The number of carbonyl (C=O) groups is 1. The van der Waals surface area contributed by atoms with Gasteiger partial charge in [0.25, 0.3) is 5.91 Å². The highest BCUT2D eigenvalue weighted by atomic mass is 16.5. The Morgan fingerprint density at radius 3 is 2.87 bits per heavy atom. The molecule has 1 aromatic heterocycles. The number of nitrogens with zero attached hydrogens (tertiary/aromatic N) is 2. The van der Waals surface area contributed by atoms with Crippen LogP contribution in [0.1, 0.15) is 13.8 Å². The second kappa shape index (κ2) is 4.79. The van der Waals surface area contributed by atoms with Crippen LogP contribution in [-0.4, -0.2) is 28.4 Å². The quantitative estimate of drug-likeness (QED) is 0.755. The molecule has 84 valence electrons. The molecule has 0 saturated heterocycles. The molecule has 6 heteroatoms. The first-order valence-corrected chi connectivity index (χ1v) is 4.69. The smallest absolute Gasteiger partial charge is 0.251 e. The fraction of sp³-hybridized carbons (Fsp3) is 0.556. The second-order valence-corrected chi connectivity index (χ2v) is 3.48. The SMILES string of the molecule is CC(C)OCC(=O)Nc1c(N)cnn1C. The molecule has 1 rings (SSSR count). The van der Waals surface area contributed by atoms with Gasteiger partial charge in [0, 0.05) is 7.05 Å². The van der Waals surface area contributed by atoms with Crippen LogP contribution in [0.5, 0.6) is 0 Å². The fourth-order valence-corrected chi connectivity index (χ4v) is 1.02. The number of nitrogens with one attached hydrogen (secondary N) is 1. The molecule has 0 fully saturated rings. The highest BCUT2D eigenvalue weighted by molar-refractivity contribution is 5.93. The normalized spacial score (nSPS) is 10.7. The number of carbonyl (C=O) groups excluding carboxylic acids is 1. The summed E-state index contributed by atoms with van der Waals surface area (Å²) in [5.41, 5.74) is 6.05. The summed E-state index contributed by atoms with van der Waals surface area (Å²) in [4.78, 5) is 11.4. The minimum Gasteiger partial charge on any atom is -0.394 e. The second-order valence-electron chi connectivity index (χ2n) is 3.48. The van der Waals surface area contributed by atoms with Crippen molar-refractivity contribution in [2.24, 2.45) is 7.05 Å². The van der Waals surface area contributed by atoms with Gasteiger partial charge in [-0.2, -0.15) is 5.10 Å². The Morgan fingerprint density at radius 1 is 1.73 bits per heavy atom. The number of anilines is 2. The third-order valence-electron chi connectivity index (χ3n) is 1.77. The highest BCUT2D eigenvalue weighted by Gasteiger charge is 2.09. The predicted molar refractivity (Wildman–Crippen MR) is 57.3 cm³/mol. The molecule has 1 heterocycles. The molecule has 0 spiro atoms. The lowest BCUT2D eigenvalue weighted by Crippen LogP contribution is -2.22. The maximum Gasteiger partial charge on any atom is 0.251 e. The first kappa shape index (κ1) is 11.5. The van der Waals surface area contributed by atoms with Gasteiger partial charge in [-0.3, -0.25) is 9.48 Å². The number of ether oxygens (including phenoxy) is 1. The molecule has 0 aromatic carbocycles. The number of amides is 1. The van der Waals surface area contributed by atoms with Gasteiger partial charge in [-0.05, 0) is 13.8 Å². The minimum atomic E-state index is -0.237. The van der Waals surface area contributed by atoms with Crippen molar-refractivity contribution in [3.8, 4) is 0 Å². The first-order valence-electron chi connectivity index (χ1n) is 4.69. The molecule has 15 heavy (non-hydrogen) atoms. The molecule has 1 aromatic rings. The molecule has 0 saturated carbocycles. The number of hydrogen-bond acceptors (Lipinski definition) is 4. The minimum absolute atomic E-state index is 0.0162. The van der Waals surface area contributed by atoms with E-state index in [1.807, 2.05) is 13.8 Å². The largest absolute Gasteiger partial charge is 0.394 e. The van der Waals surface area contributed by atoms with Crippen LogP contribution < -0.4 is 11.1 Å². The summed E-state index contributed by atoms with van der Waals surface area (Å²) >= 11 is 0. The molecule has 0 radical (unpaired) electrons. The van der Waals surface area contributed by atoms with Crippen molar-refractivity contribution in [3.05, 3.63) is 6.20 Å². The van der Waals surface area contributed by atoms with E-state index in [-0.39, 0.29) is 18.6 Å². The monoisotopic (exact) mass is 212 g/mol. The highest BCUT2D eigenvalue weighted by Crippen LogP contribution is 2.15. The molecule has 0 unspecified atom stereocenters. The van der Waals surface area contributed by atoms with Crippen LogP contribution >= 0.6 is 0 Å². The Hall–Kier alpha value is -1.56. The van der Waals surface area contributed by atoms with E-state index in [9.17, 15) is 4.79 Å². The predicted octanol–water partition coefficient (Wildman–Crippen LogP) is 0.366. The maximum atomic E-state index is 11.4. The number of nitrogens with two attached hydrogens (primary N) is 1. The molecule has 6 nitrogen and oxygen atoms in total. The van der Waals surface area contributed by atoms with Gasteiger partial charge >= 0.3 is 0 Å². The van der Waals surface area contributed by atoms with Crippen molar-refractivity contribution in [3.63, 3.8) is 0 Å². The van der Waals surface area contributed by atoms with Crippen molar-refractivity contribution in [2.45, 2.75) is 20.0 Å². The number of rotatable bonds is 4. The molecule has 0 aliphatic carbocycles. The average Bonchev–Trinajstić information content (AvgIpc) is 2.46. The lowest BCUT2D eigenvalue weighted by Gasteiger charge is -2.08. The van der Waals surface area contributed by atoms with E-state index in [1.165, 1.54) is 10.9 Å². The first-order chi connectivity index (χ1) is 7.00. The van der Waals surface area contributed by atoms with E-state index in [0.29, 0.717) is 11.5 Å². The molecule has 0 aliphatic rings. The van der Waals surface area contributed by atoms with Crippen molar-refractivity contribution < 1.29 is 9.53 Å². The van der Waals surface area contributed by atoms with E-state index >= 15 is 0 Å². The van der Waals surface area contributed by atoms with Crippen LogP contribution in [0.3, 0.4) is 0 Å². The molecule has 0 aliphatic heterocycles. The average molecular weight is 212 g/mol. The maximum absolute atomic E-state index is 11.4. The summed E-state index contributed by atoms with van der Waals surface area (Å²) < 4.78 is 6.65. The van der Waals surface area contributed by atoms with E-state index < -0.39 is 0 Å². The standard InChI is InChI=1S/C9H16N4O2/c1-6(2)15-5-8(14)12-9-7(10)4-11-13(9)3/h4,6H,5,10H2,1-3H3,(H,12,14). The van der Waals surface area contributed by atoms with Gasteiger partial charge < -0.3 is 15.8 Å². The van der Waals surface area contributed by atoms with Crippen LogP contribution in [0.2, 0.25) is 0 Å². The number of aromatic nitrogens is 2. The van der Waals surface area contributed by atoms with E-state index in [4.69, 9.17) is 10.5 Å². The van der Waals surface area contributed by atoms with Crippen molar-refractivity contribution in [2.75, 3.05) is 17.7 Å². The summed E-state index contributed by atoms with van der Waals surface area (Å²) in [6, 6.07) is 0. The van der Waals surface area contributed by atoms with Gasteiger partial charge in [-0.15, -0.1) is 0 Å². The number of hydrogen-bond donors (Lipinski definition) is 2. The Bertz CT molecular complexity index is 326. The zero-order valence-corrected chi connectivity index (χ0v) is 9.15. The summed E-state index contributed by atoms with van der Waals surface area (Å²) in [5, 5.41) is 6.53. The molecule has 1 amide bonds. The van der Waals surface area contributed by atoms with Crippen molar-refractivity contribution >= 4 is 17.4 Å². The summed E-state index contributed by atoms with van der Waals surface area (Å²) in [7, 11) is 1.70. The summed E-state index contributed by atoms with van der Waals surface area (Å²) in [6.07, 6.45) is 1.51. The molecular weight excluding hydrogens is 196 g/mol.